The van der Waals surface area contributed by atoms with Crippen molar-refractivity contribution in [2.45, 2.75) is 4.21 Å². The van der Waals surface area contributed by atoms with E-state index in [1.165, 1.54) is 11.3 Å². The number of fused-ring (bicyclic) bond motifs is 1. The van der Waals surface area contributed by atoms with Gasteiger partial charge in [-0.05, 0) is 17.5 Å². The van der Waals surface area contributed by atoms with E-state index in [9.17, 15) is 8.42 Å². The minimum absolute atomic E-state index is 0.313. The minimum Gasteiger partial charge on any atom is -0.359 e. The van der Waals surface area contributed by atoms with E-state index in [1.54, 1.807) is 23.7 Å². The molecule has 3 rings (SSSR count). The molecule has 0 unspecified atom stereocenters. The first kappa shape index (κ1) is 11.3. The van der Waals surface area contributed by atoms with Crippen LogP contribution in [0.25, 0.3) is 10.9 Å². The summed E-state index contributed by atoms with van der Waals surface area (Å²) in [5.41, 5.74) is 1.47. The van der Waals surface area contributed by atoms with Gasteiger partial charge in [0.2, 0.25) is 0 Å². The summed E-state index contributed by atoms with van der Waals surface area (Å²) in [7, 11) is -3.48. The van der Waals surface area contributed by atoms with Crippen molar-refractivity contribution in [2.24, 2.45) is 0 Å². The molecule has 0 amide bonds. The molecule has 92 valence electrons. The van der Waals surface area contributed by atoms with Crippen LogP contribution >= 0.6 is 11.3 Å². The lowest BCUT2D eigenvalue weighted by atomic mass is 10.2. The Labute approximate surface area is 108 Å². The fourth-order valence-corrected chi connectivity index (χ4v) is 3.83. The minimum atomic E-state index is -3.48. The molecule has 0 radical (unpaired) electrons. The third-order valence-corrected chi connectivity index (χ3v) is 5.36. The van der Waals surface area contributed by atoms with Crippen molar-refractivity contribution in [1.82, 2.24) is 4.98 Å². The monoisotopic (exact) mass is 278 g/mol. The van der Waals surface area contributed by atoms with Gasteiger partial charge >= 0.3 is 0 Å². The van der Waals surface area contributed by atoms with Crippen LogP contribution in [0.3, 0.4) is 0 Å². The average Bonchev–Trinajstić information content (AvgIpc) is 2.99. The molecule has 4 nitrogen and oxygen atoms in total. The highest BCUT2D eigenvalue weighted by Crippen LogP contribution is 2.26. The van der Waals surface area contributed by atoms with Gasteiger partial charge in [-0.1, -0.05) is 24.3 Å². The Bertz CT molecular complexity index is 773. The van der Waals surface area contributed by atoms with Crippen molar-refractivity contribution in [3.05, 3.63) is 48.0 Å². The van der Waals surface area contributed by atoms with Crippen molar-refractivity contribution in [3.8, 4) is 0 Å². The van der Waals surface area contributed by atoms with Gasteiger partial charge < -0.3 is 4.98 Å². The van der Waals surface area contributed by atoms with E-state index >= 15 is 0 Å². The maximum absolute atomic E-state index is 12.1. The Balaban J connectivity index is 2.03. The van der Waals surface area contributed by atoms with E-state index in [-0.39, 0.29) is 0 Å². The average molecular weight is 278 g/mol. The van der Waals surface area contributed by atoms with Gasteiger partial charge in [0.1, 0.15) is 4.21 Å². The number of hydrogen-bond acceptors (Lipinski definition) is 3. The second-order valence-corrected chi connectivity index (χ2v) is 6.64. The third-order valence-electron chi connectivity index (χ3n) is 2.59. The fraction of sp³-hybridized carbons (Fsp3) is 0. The van der Waals surface area contributed by atoms with Crippen LogP contribution < -0.4 is 4.72 Å². The molecular formula is C12H10N2O2S2. The van der Waals surface area contributed by atoms with Crippen molar-refractivity contribution < 1.29 is 8.42 Å². The van der Waals surface area contributed by atoms with Crippen LogP contribution in [-0.2, 0) is 10.0 Å². The number of hydrogen-bond donors (Lipinski definition) is 2. The number of H-pyrrole nitrogens is 1. The zero-order valence-corrected chi connectivity index (χ0v) is 10.9. The van der Waals surface area contributed by atoms with Crippen LogP contribution in [0.2, 0.25) is 0 Å². The molecule has 0 saturated carbocycles. The third kappa shape index (κ3) is 1.89. The van der Waals surface area contributed by atoms with Crippen LogP contribution in [0.15, 0.2) is 52.2 Å². The Kier molecular flexibility index (Phi) is 2.61. The smallest absolute Gasteiger partial charge is 0.271 e. The first-order valence-corrected chi connectivity index (χ1v) is 7.65. The second-order valence-electron chi connectivity index (χ2n) is 3.79. The molecule has 2 N–H and O–H groups in total. The standard InChI is InChI=1S/C12H10N2O2S2/c15-18(16,12-6-3-7-17-12)14-11-8-13-10-5-2-1-4-9(10)11/h1-8,13-14H. The highest BCUT2D eigenvalue weighted by Gasteiger charge is 2.16. The molecule has 2 heterocycles. The SMILES string of the molecule is O=S(=O)(Nc1c[nH]c2ccccc12)c1cccs1. The normalized spacial score (nSPS) is 11.8. The van der Waals surface area contributed by atoms with Gasteiger partial charge in [-0.15, -0.1) is 11.3 Å². The number of para-hydroxylation sites is 1. The summed E-state index contributed by atoms with van der Waals surface area (Å²) < 4.78 is 27.1. The molecule has 0 aliphatic carbocycles. The number of thiophene rings is 1. The van der Waals surface area contributed by atoms with Crippen molar-refractivity contribution in [1.29, 1.82) is 0 Å². The molecule has 1 aromatic carbocycles. The Morgan fingerprint density at radius 3 is 2.72 bits per heavy atom. The van der Waals surface area contributed by atoms with Crippen LogP contribution in [-0.4, -0.2) is 13.4 Å². The van der Waals surface area contributed by atoms with Gasteiger partial charge in [0.15, 0.2) is 0 Å². The predicted molar refractivity (Wildman–Crippen MR) is 73.4 cm³/mol. The summed E-state index contributed by atoms with van der Waals surface area (Å²) in [6, 6.07) is 10.8. The Morgan fingerprint density at radius 2 is 1.94 bits per heavy atom. The van der Waals surface area contributed by atoms with Crippen molar-refractivity contribution in [3.63, 3.8) is 0 Å². The Hall–Kier alpha value is -1.79. The van der Waals surface area contributed by atoms with E-state index in [1.807, 2.05) is 24.3 Å². The molecule has 0 aliphatic rings. The maximum Gasteiger partial charge on any atom is 0.271 e. The number of sulfonamides is 1. The summed E-state index contributed by atoms with van der Waals surface area (Å²) in [6.45, 7) is 0. The zero-order valence-electron chi connectivity index (χ0n) is 9.25. The van der Waals surface area contributed by atoms with Gasteiger partial charge in [-0.3, -0.25) is 4.72 Å². The van der Waals surface area contributed by atoms with Crippen molar-refractivity contribution in [2.75, 3.05) is 4.72 Å². The summed E-state index contributed by atoms with van der Waals surface area (Å²) in [5, 5.41) is 2.60. The summed E-state index contributed by atoms with van der Waals surface area (Å²) in [6.07, 6.45) is 1.66. The topological polar surface area (TPSA) is 62.0 Å². The summed E-state index contributed by atoms with van der Waals surface area (Å²) in [5.74, 6) is 0. The molecule has 0 aliphatic heterocycles. The number of rotatable bonds is 3. The number of aromatic amines is 1. The molecule has 18 heavy (non-hydrogen) atoms. The highest BCUT2D eigenvalue weighted by atomic mass is 32.2. The lowest BCUT2D eigenvalue weighted by Crippen LogP contribution is -2.10. The molecular weight excluding hydrogens is 268 g/mol. The summed E-state index contributed by atoms with van der Waals surface area (Å²) >= 11 is 1.20. The van der Waals surface area contributed by atoms with Gasteiger partial charge in [0.05, 0.1) is 5.69 Å². The van der Waals surface area contributed by atoms with Crippen LogP contribution in [0, 0.1) is 0 Å². The van der Waals surface area contributed by atoms with E-state index in [4.69, 9.17) is 0 Å². The number of benzene rings is 1. The van der Waals surface area contributed by atoms with Gasteiger partial charge in [0.25, 0.3) is 10.0 Å². The lowest BCUT2D eigenvalue weighted by molar-refractivity contribution is 0.603. The second kappa shape index (κ2) is 4.15. The fourth-order valence-electron chi connectivity index (χ4n) is 1.77. The highest BCUT2D eigenvalue weighted by molar-refractivity contribution is 7.94. The van der Waals surface area contributed by atoms with E-state index in [0.29, 0.717) is 9.90 Å². The lowest BCUT2D eigenvalue weighted by Gasteiger charge is -2.04. The van der Waals surface area contributed by atoms with Crippen LogP contribution in [0.1, 0.15) is 0 Å². The summed E-state index contributed by atoms with van der Waals surface area (Å²) in [4.78, 5) is 3.03. The molecule has 0 bridgehead atoms. The van der Waals surface area contributed by atoms with E-state index in [2.05, 4.69) is 9.71 Å². The first-order chi connectivity index (χ1) is 8.67. The number of nitrogens with one attached hydrogen (secondary N) is 2. The van der Waals surface area contributed by atoms with Gasteiger partial charge in [0, 0.05) is 17.1 Å². The van der Waals surface area contributed by atoms with Crippen molar-refractivity contribution >= 4 is 38.0 Å². The van der Waals surface area contributed by atoms with Crippen LogP contribution in [0.5, 0.6) is 0 Å². The molecule has 0 spiro atoms. The quantitative estimate of drug-likeness (QED) is 0.773. The van der Waals surface area contributed by atoms with Crippen LogP contribution in [0.4, 0.5) is 5.69 Å². The van der Waals surface area contributed by atoms with Gasteiger partial charge in [-0.2, -0.15) is 0 Å². The molecule has 6 heteroatoms. The van der Waals surface area contributed by atoms with E-state index < -0.39 is 10.0 Å². The number of aromatic nitrogens is 1. The molecule has 2 aromatic heterocycles. The van der Waals surface area contributed by atoms with E-state index in [0.717, 1.165) is 10.9 Å². The number of anilines is 1. The largest absolute Gasteiger partial charge is 0.359 e. The Morgan fingerprint density at radius 1 is 1.11 bits per heavy atom. The van der Waals surface area contributed by atoms with Gasteiger partial charge in [-0.25, -0.2) is 8.42 Å². The molecule has 3 aromatic rings. The molecule has 0 fully saturated rings. The molecule has 0 atom stereocenters. The molecule has 0 saturated heterocycles. The maximum atomic E-state index is 12.1. The predicted octanol–water partition coefficient (Wildman–Crippen LogP) is 3.03. The zero-order chi connectivity index (χ0) is 12.6. The first-order valence-electron chi connectivity index (χ1n) is 5.29.